The van der Waals surface area contributed by atoms with Crippen LogP contribution in [-0.2, 0) is 0 Å². The molecule has 0 radical (unpaired) electrons. The Bertz CT molecular complexity index is 445. The number of fused-ring (bicyclic) bond motifs is 1. The molecule has 0 aliphatic carbocycles. The number of benzene rings is 1. The van der Waals surface area contributed by atoms with Crippen molar-refractivity contribution in [2.24, 2.45) is 5.73 Å². The van der Waals surface area contributed by atoms with Gasteiger partial charge in [0.05, 0.1) is 7.11 Å². The summed E-state index contributed by atoms with van der Waals surface area (Å²) in [6.45, 7) is 1.97. The Kier molecular flexibility index (Phi) is 2.17. The first-order chi connectivity index (χ1) is 6.72. The van der Waals surface area contributed by atoms with E-state index in [2.05, 4.69) is 4.98 Å². The fourth-order valence-electron chi connectivity index (χ4n) is 1.63. The van der Waals surface area contributed by atoms with Gasteiger partial charge in [0.25, 0.3) is 0 Å². The van der Waals surface area contributed by atoms with Gasteiger partial charge in [0.1, 0.15) is 5.75 Å². The lowest BCUT2D eigenvalue weighted by Crippen LogP contribution is -2.03. The molecule has 1 atom stereocenters. The first kappa shape index (κ1) is 9.09. The van der Waals surface area contributed by atoms with E-state index in [1.807, 2.05) is 31.3 Å². The lowest BCUT2D eigenvalue weighted by Gasteiger charge is -2.04. The summed E-state index contributed by atoms with van der Waals surface area (Å²) in [7, 11) is 1.67. The molecule has 0 fully saturated rings. The van der Waals surface area contributed by atoms with E-state index >= 15 is 0 Å². The number of methoxy groups -OCH3 is 1. The van der Waals surface area contributed by atoms with Crippen molar-refractivity contribution in [3.05, 3.63) is 30.0 Å². The average molecular weight is 190 g/mol. The average Bonchev–Trinajstić information content (AvgIpc) is 2.59. The summed E-state index contributed by atoms with van der Waals surface area (Å²) in [4.78, 5) is 3.19. The highest BCUT2D eigenvalue weighted by molar-refractivity contribution is 5.85. The number of hydrogen-bond donors (Lipinski definition) is 2. The number of H-pyrrole nitrogens is 1. The molecule has 74 valence electrons. The lowest BCUT2D eigenvalue weighted by molar-refractivity contribution is 0.415. The fraction of sp³-hybridized carbons (Fsp3) is 0.273. The number of hydrogen-bond acceptors (Lipinski definition) is 2. The zero-order valence-corrected chi connectivity index (χ0v) is 8.37. The Morgan fingerprint density at radius 1 is 1.43 bits per heavy atom. The summed E-state index contributed by atoms with van der Waals surface area (Å²) in [5.41, 5.74) is 8.07. The van der Waals surface area contributed by atoms with Crippen LogP contribution in [0.25, 0.3) is 10.9 Å². The van der Waals surface area contributed by atoms with Crippen LogP contribution in [0.4, 0.5) is 0 Å². The van der Waals surface area contributed by atoms with Crippen molar-refractivity contribution in [1.82, 2.24) is 4.98 Å². The Balaban J connectivity index is 2.63. The third kappa shape index (κ3) is 1.36. The number of nitrogens with one attached hydrogen (secondary N) is 1. The van der Waals surface area contributed by atoms with Crippen LogP contribution in [0.2, 0.25) is 0 Å². The highest BCUT2D eigenvalue weighted by Gasteiger charge is 2.07. The number of aromatic nitrogens is 1. The molecular formula is C11H14N2O. The summed E-state index contributed by atoms with van der Waals surface area (Å²) < 4.78 is 5.17. The minimum absolute atomic E-state index is 0.0378. The van der Waals surface area contributed by atoms with Gasteiger partial charge in [-0.05, 0) is 30.7 Å². The summed E-state index contributed by atoms with van der Waals surface area (Å²) in [6, 6.07) is 5.98. The first-order valence-electron chi connectivity index (χ1n) is 4.63. The zero-order chi connectivity index (χ0) is 10.1. The third-order valence-corrected chi connectivity index (χ3v) is 2.41. The SMILES string of the molecule is COc1ccc2[nH]cc([C@H](C)N)c2c1. The zero-order valence-electron chi connectivity index (χ0n) is 8.37. The van der Waals surface area contributed by atoms with E-state index in [1.165, 1.54) is 0 Å². The topological polar surface area (TPSA) is 51.0 Å². The molecule has 2 aromatic rings. The maximum Gasteiger partial charge on any atom is 0.119 e. The lowest BCUT2D eigenvalue weighted by atomic mass is 10.1. The molecule has 3 heteroatoms. The number of ether oxygens (including phenoxy) is 1. The van der Waals surface area contributed by atoms with Crippen LogP contribution >= 0.6 is 0 Å². The summed E-state index contributed by atoms with van der Waals surface area (Å²) in [5, 5.41) is 1.14. The molecule has 14 heavy (non-hydrogen) atoms. The standard InChI is InChI=1S/C11H14N2O/c1-7(12)10-6-13-11-4-3-8(14-2)5-9(10)11/h3-7,13H,12H2,1-2H3/t7-/m0/s1. The molecular weight excluding hydrogens is 176 g/mol. The molecule has 0 bridgehead atoms. The van der Waals surface area contributed by atoms with Crippen molar-refractivity contribution >= 4 is 10.9 Å². The number of aromatic amines is 1. The van der Waals surface area contributed by atoms with Crippen LogP contribution in [0.3, 0.4) is 0 Å². The van der Waals surface area contributed by atoms with Crippen LogP contribution in [0.5, 0.6) is 5.75 Å². The van der Waals surface area contributed by atoms with Crippen LogP contribution < -0.4 is 10.5 Å². The van der Waals surface area contributed by atoms with Crippen LogP contribution in [0.1, 0.15) is 18.5 Å². The predicted octanol–water partition coefficient (Wildman–Crippen LogP) is 2.20. The van der Waals surface area contributed by atoms with Crippen LogP contribution in [0.15, 0.2) is 24.4 Å². The molecule has 1 aromatic carbocycles. The highest BCUT2D eigenvalue weighted by atomic mass is 16.5. The minimum atomic E-state index is 0.0378. The Morgan fingerprint density at radius 3 is 2.86 bits per heavy atom. The number of rotatable bonds is 2. The van der Waals surface area contributed by atoms with E-state index in [4.69, 9.17) is 10.5 Å². The Morgan fingerprint density at radius 2 is 2.21 bits per heavy atom. The van der Waals surface area contributed by atoms with E-state index in [1.54, 1.807) is 7.11 Å². The highest BCUT2D eigenvalue weighted by Crippen LogP contribution is 2.26. The van der Waals surface area contributed by atoms with E-state index in [0.717, 1.165) is 22.2 Å². The first-order valence-corrected chi connectivity index (χ1v) is 4.63. The van der Waals surface area contributed by atoms with Gasteiger partial charge in [0, 0.05) is 23.1 Å². The molecule has 1 aromatic heterocycles. The maximum atomic E-state index is 5.85. The fourth-order valence-corrected chi connectivity index (χ4v) is 1.63. The molecule has 3 N–H and O–H groups in total. The van der Waals surface area contributed by atoms with E-state index < -0.39 is 0 Å². The smallest absolute Gasteiger partial charge is 0.119 e. The Hall–Kier alpha value is -1.48. The van der Waals surface area contributed by atoms with Gasteiger partial charge in [-0.3, -0.25) is 0 Å². The normalized spacial score (nSPS) is 13.1. The van der Waals surface area contributed by atoms with Crippen molar-refractivity contribution in [1.29, 1.82) is 0 Å². The second-order valence-corrected chi connectivity index (χ2v) is 3.44. The molecule has 0 aliphatic rings. The molecule has 0 amide bonds. The molecule has 0 spiro atoms. The van der Waals surface area contributed by atoms with Crippen molar-refractivity contribution in [2.45, 2.75) is 13.0 Å². The van der Waals surface area contributed by atoms with Gasteiger partial charge in [-0.25, -0.2) is 0 Å². The van der Waals surface area contributed by atoms with Crippen LogP contribution in [-0.4, -0.2) is 12.1 Å². The van der Waals surface area contributed by atoms with E-state index in [0.29, 0.717) is 0 Å². The van der Waals surface area contributed by atoms with E-state index in [9.17, 15) is 0 Å². The van der Waals surface area contributed by atoms with Gasteiger partial charge in [-0.1, -0.05) is 0 Å². The largest absolute Gasteiger partial charge is 0.497 e. The molecule has 0 saturated carbocycles. The van der Waals surface area contributed by atoms with Crippen molar-refractivity contribution in [3.8, 4) is 5.75 Å². The van der Waals surface area contributed by atoms with Gasteiger partial charge >= 0.3 is 0 Å². The molecule has 0 saturated heterocycles. The second kappa shape index (κ2) is 3.35. The van der Waals surface area contributed by atoms with Gasteiger partial charge in [0.15, 0.2) is 0 Å². The maximum absolute atomic E-state index is 5.85. The van der Waals surface area contributed by atoms with Crippen LogP contribution in [0, 0.1) is 0 Å². The molecule has 1 heterocycles. The number of nitrogens with two attached hydrogens (primary N) is 1. The molecule has 0 aliphatic heterocycles. The van der Waals surface area contributed by atoms with Gasteiger partial charge in [0.2, 0.25) is 0 Å². The minimum Gasteiger partial charge on any atom is -0.497 e. The molecule has 2 rings (SSSR count). The van der Waals surface area contributed by atoms with Gasteiger partial charge in [-0.15, -0.1) is 0 Å². The summed E-state index contributed by atoms with van der Waals surface area (Å²) >= 11 is 0. The third-order valence-electron chi connectivity index (χ3n) is 2.41. The molecule has 3 nitrogen and oxygen atoms in total. The Labute approximate surface area is 82.9 Å². The summed E-state index contributed by atoms with van der Waals surface area (Å²) in [6.07, 6.45) is 1.95. The van der Waals surface area contributed by atoms with Crippen molar-refractivity contribution < 1.29 is 4.74 Å². The van der Waals surface area contributed by atoms with Crippen molar-refractivity contribution in [2.75, 3.05) is 7.11 Å². The quantitative estimate of drug-likeness (QED) is 0.762. The van der Waals surface area contributed by atoms with Gasteiger partial charge in [-0.2, -0.15) is 0 Å². The predicted molar refractivity (Wildman–Crippen MR) is 57.5 cm³/mol. The summed E-state index contributed by atoms with van der Waals surface area (Å²) in [5.74, 6) is 0.860. The van der Waals surface area contributed by atoms with E-state index in [-0.39, 0.29) is 6.04 Å². The molecule has 0 unspecified atom stereocenters. The van der Waals surface area contributed by atoms with Gasteiger partial charge < -0.3 is 15.5 Å². The van der Waals surface area contributed by atoms with Crippen molar-refractivity contribution in [3.63, 3.8) is 0 Å². The second-order valence-electron chi connectivity index (χ2n) is 3.44. The monoisotopic (exact) mass is 190 g/mol.